The van der Waals surface area contributed by atoms with Crippen molar-refractivity contribution >= 4 is 13.8 Å². The van der Waals surface area contributed by atoms with Gasteiger partial charge < -0.3 is 9.26 Å². The van der Waals surface area contributed by atoms with Gasteiger partial charge >= 0.3 is 13.8 Å². The van der Waals surface area contributed by atoms with E-state index in [1.54, 1.807) is 12.1 Å². The molecule has 116 valence electrons. The number of rotatable bonds is 5. The number of benzene rings is 2. The van der Waals surface area contributed by atoms with E-state index in [1.165, 1.54) is 24.3 Å². The van der Waals surface area contributed by atoms with Crippen LogP contribution in [0.3, 0.4) is 0 Å². The summed E-state index contributed by atoms with van der Waals surface area (Å²) in [6.07, 6.45) is 0.885. The van der Waals surface area contributed by atoms with E-state index < -0.39 is 13.8 Å². The first-order valence-corrected chi connectivity index (χ1v) is 8.07. The van der Waals surface area contributed by atoms with Gasteiger partial charge in [0.1, 0.15) is 11.5 Å². The number of phosphoric ester groups is 1. The van der Waals surface area contributed by atoms with Crippen molar-refractivity contribution < 1.29 is 28.4 Å². The molecule has 2 aromatic carbocycles. The topological polar surface area (TPSA) is 93.1 Å². The molecule has 0 bridgehead atoms. The lowest BCUT2D eigenvalue weighted by atomic mass is 10.1. The van der Waals surface area contributed by atoms with Crippen molar-refractivity contribution in [3.05, 3.63) is 59.7 Å². The van der Waals surface area contributed by atoms with E-state index in [1.807, 2.05) is 19.1 Å². The summed E-state index contributed by atoms with van der Waals surface area (Å²) >= 11 is 0. The van der Waals surface area contributed by atoms with Gasteiger partial charge in [-0.05, 0) is 48.4 Å². The Morgan fingerprint density at radius 3 is 2.05 bits per heavy atom. The lowest BCUT2D eigenvalue weighted by Crippen LogP contribution is -2.08. The molecule has 0 saturated carbocycles. The van der Waals surface area contributed by atoms with Gasteiger partial charge in [-0.3, -0.25) is 9.79 Å². The van der Waals surface area contributed by atoms with Crippen LogP contribution in [0.4, 0.5) is 0 Å². The highest BCUT2D eigenvalue weighted by Gasteiger charge is 2.16. The van der Waals surface area contributed by atoms with Crippen molar-refractivity contribution in [3.8, 4) is 11.5 Å². The van der Waals surface area contributed by atoms with Crippen LogP contribution >= 0.6 is 7.82 Å². The summed E-state index contributed by atoms with van der Waals surface area (Å²) in [6.45, 7) is 2.02. The second kappa shape index (κ2) is 6.75. The summed E-state index contributed by atoms with van der Waals surface area (Å²) in [5.41, 5.74) is 1.54. The van der Waals surface area contributed by atoms with Crippen LogP contribution in [-0.4, -0.2) is 15.8 Å². The molecule has 0 saturated heterocycles. The Balaban J connectivity index is 2.03. The van der Waals surface area contributed by atoms with Gasteiger partial charge in [0.15, 0.2) is 0 Å². The zero-order valence-electron chi connectivity index (χ0n) is 11.8. The van der Waals surface area contributed by atoms with E-state index in [2.05, 4.69) is 4.52 Å². The van der Waals surface area contributed by atoms with Gasteiger partial charge in [-0.25, -0.2) is 9.36 Å². The van der Waals surface area contributed by atoms with Crippen molar-refractivity contribution in [2.75, 3.05) is 0 Å². The normalized spacial score (nSPS) is 11.0. The fourth-order valence-electron chi connectivity index (χ4n) is 1.75. The third-order valence-corrected chi connectivity index (χ3v) is 3.31. The van der Waals surface area contributed by atoms with E-state index in [-0.39, 0.29) is 11.5 Å². The van der Waals surface area contributed by atoms with Crippen molar-refractivity contribution in [2.24, 2.45) is 0 Å². The predicted molar refractivity (Wildman–Crippen MR) is 79.9 cm³/mol. The molecule has 0 aromatic heterocycles. The molecule has 0 heterocycles. The first-order valence-electron chi connectivity index (χ1n) is 6.54. The average molecular weight is 322 g/mol. The molecule has 0 aliphatic carbocycles. The molecule has 2 aromatic rings. The molecule has 0 radical (unpaired) electrons. The number of carbonyl (C=O) groups is 1. The third-order valence-electron chi connectivity index (χ3n) is 2.86. The summed E-state index contributed by atoms with van der Waals surface area (Å²) in [4.78, 5) is 29.3. The Bertz CT molecular complexity index is 687. The summed E-state index contributed by atoms with van der Waals surface area (Å²) < 4.78 is 20.3. The largest absolute Gasteiger partial charge is 0.524 e. The minimum atomic E-state index is -4.59. The number of hydrogen-bond donors (Lipinski definition) is 2. The van der Waals surface area contributed by atoms with Crippen molar-refractivity contribution in [1.29, 1.82) is 0 Å². The SMILES string of the molecule is CCc1ccc(C(=O)Oc2ccc(OP(=O)(O)O)cc2)cc1. The third kappa shape index (κ3) is 4.70. The molecule has 0 fully saturated rings. The molecule has 0 atom stereocenters. The summed E-state index contributed by atoms with van der Waals surface area (Å²) in [5.74, 6) is -0.269. The molecule has 7 heteroatoms. The Kier molecular flexibility index (Phi) is 4.98. The number of ether oxygens (including phenoxy) is 1. The van der Waals surface area contributed by atoms with Gasteiger partial charge in [-0.15, -0.1) is 0 Å². The molecular weight excluding hydrogens is 307 g/mol. The lowest BCUT2D eigenvalue weighted by molar-refractivity contribution is 0.0734. The predicted octanol–water partition coefficient (Wildman–Crippen LogP) is 2.94. The maximum absolute atomic E-state index is 11.9. The maximum atomic E-state index is 11.9. The summed E-state index contributed by atoms with van der Waals surface area (Å²) in [7, 11) is -4.59. The smallest absolute Gasteiger partial charge is 0.423 e. The van der Waals surface area contributed by atoms with E-state index in [0.29, 0.717) is 5.56 Å². The molecular formula is C15H15O6P. The second-order valence-electron chi connectivity index (χ2n) is 4.49. The van der Waals surface area contributed by atoms with Crippen LogP contribution < -0.4 is 9.26 Å². The van der Waals surface area contributed by atoms with Crippen molar-refractivity contribution in [3.63, 3.8) is 0 Å². The zero-order chi connectivity index (χ0) is 16.2. The second-order valence-corrected chi connectivity index (χ2v) is 5.66. The van der Waals surface area contributed by atoms with Gasteiger partial charge in [0.25, 0.3) is 0 Å². The Hall–Kier alpha value is -2.14. The van der Waals surface area contributed by atoms with E-state index >= 15 is 0 Å². The zero-order valence-corrected chi connectivity index (χ0v) is 12.7. The summed E-state index contributed by atoms with van der Waals surface area (Å²) in [6, 6.07) is 12.5. The molecule has 22 heavy (non-hydrogen) atoms. The van der Waals surface area contributed by atoms with Crippen LogP contribution in [0.15, 0.2) is 48.5 Å². The fourth-order valence-corrected chi connectivity index (χ4v) is 2.14. The Labute approximate surface area is 127 Å². The number of aryl methyl sites for hydroxylation is 1. The number of hydrogen-bond acceptors (Lipinski definition) is 4. The van der Waals surface area contributed by atoms with Gasteiger partial charge in [0.2, 0.25) is 0 Å². The first-order chi connectivity index (χ1) is 10.4. The van der Waals surface area contributed by atoms with Gasteiger partial charge in [0, 0.05) is 0 Å². The lowest BCUT2D eigenvalue weighted by Gasteiger charge is -2.08. The van der Waals surface area contributed by atoms with Crippen molar-refractivity contribution in [2.45, 2.75) is 13.3 Å². The van der Waals surface area contributed by atoms with Gasteiger partial charge in [0.05, 0.1) is 5.56 Å². The molecule has 0 aliphatic rings. The highest BCUT2D eigenvalue weighted by molar-refractivity contribution is 7.46. The first kappa shape index (κ1) is 16.2. The summed E-state index contributed by atoms with van der Waals surface area (Å²) in [5, 5.41) is 0. The van der Waals surface area contributed by atoms with Gasteiger partial charge in [-0.2, -0.15) is 0 Å². The van der Waals surface area contributed by atoms with Crippen LogP contribution in [0.25, 0.3) is 0 Å². The maximum Gasteiger partial charge on any atom is 0.524 e. The van der Waals surface area contributed by atoms with Crippen LogP contribution in [0, 0.1) is 0 Å². The van der Waals surface area contributed by atoms with Crippen LogP contribution in [0.1, 0.15) is 22.8 Å². The van der Waals surface area contributed by atoms with E-state index in [9.17, 15) is 9.36 Å². The molecule has 0 unspecified atom stereocenters. The number of esters is 1. The van der Waals surface area contributed by atoms with Crippen LogP contribution in [-0.2, 0) is 11.0 Å². The van der Waals surface area contributed by atoms with E-state index in [0.717, 1.165) is 12.0 Å². The molecule has 0 aliphatic heterocycles. The average Bonchev–Trinajstić information content (AvgIpc) is 2.48. The number of phosphoric acid groups is 1. The molecule has 0 spiro atoms. The molecule has 0 amide bonds. The minimum absolute atomic E-state index is 0.0135. The minimum Gasteiger partial charge on any atom is -0.423 e. The van der Waals surface area contributed by atoms with Crippen LogP contribution in [0.2, 0.25) is 0 Å². The highest BCUT2D eigenvalue weighted by atomic mass is 31.2. The van der Waals surface area contributed by atoms with Crippen molar-refractivity contribution in [1.82, 2.24) is 0 Å². The highest BCUT2D eigenvalue weighted by Crippen LogP contribution is 2.37. The van der Waals surface area contributed by atoms with E-state index in [4.69, 9.17) is 14.5 Å². The number of carbonyl (C=O) groups excluding carboxylic acids is 1. The molecule has 2 rings (SSSR count). The monoisotopic (exact) mass is 322 g/mol. The molecule has 2 N–H and O–H groups in total. The molecule has 6 nitrogen and oxygen atoms in total. The van der Waals surface area contributed by atoms with Crippen LogP contribution in [0.5, 0.6) is 11.5 Å². The Morgan fingerprint density at radius 2 is 1.55 bits per heavy atom. The Morgan fingerprint density at radius 1 is 1.00 bits per heavy atom. The fraction of sp³-hybridized carbons (Fsp3) is 0.133. The standard InChI is InChI=1S/C15H15O6P/c1-2-11-3-5-12(6-4-11)15(16)20-13-7-9-14(10-8-13)21-22(17,18)19/h3-10H,2H2,1H3,(H2,17,18,19). The van der Waals surface area contributed by atoms with Gasteiger partial charge in [-0.1, -0.05) is 19.1 Å². The quantitative estimate of drug-likeness (QED) is 0.499.